The number of alkyl halides is 3. The van der Waals surface area contributed by atoms with Gasteiger partial charge in [-0.2, -0.15) is 18.4 Å². The summed E-state index contributed by atoms with van der Waals surface area (Å²) in [5, 5.41) is 11.1. The van der Waals surface area contributed by atoms with E-state index in [4.69, 9.17) is 5.26 Å². The van der Waals surface area contributed by atoms with Crippen molar-refractivity contribution < 1.29 is 13.2 Å². The first-order valence-electron chi connectivity index (χ1n) is 4.94. The molecule has 15 heavy (non-hydrogen) atoms. The Balaban J connectivity index is 2.23. The van der Waals surface area contributed by atoms with Gasteiger partial charge in [0.15, 0.2) is 5.92 Å². The van der Waals surface area contributed by atoms with E-state index in [0.717, 1.165) is 6.42 Å². The van der Waals surface area contributed by atoms with Crippen molar-refractivity contribution in [3.8, 4) is 6.07 Å². The molecule has 0 bridgehead atoms. The molecule has 1 rings (SSSR count). The van der Waals surface area contributed by atoms with Crippen LogP contribution in [0.2, 0.25) is 0 Å². The van der Waals surface area contributed by atoms with Crippen LogP contribution in [0.3, 0.4) is 0 Å². The van der Waals surface area contributed by atoms with Gasteiger partial charge in [0.2, 0.25) is 0 Å². The fourth-order valence-corrected chi connectivity index (χ4v) is 1.56. The van der Waals surface area contributed by atoms with Gasteiger partial charge in [0.25, 0.3) is 0 Å². The van der Waals surface area contributed by atoms with E-state index >= 15 is 0 Å². The van der Waals surface area contributed by atoms with Crippen LogP contribution >= 0.6 is 0 Å². The molecule has 2 nitrogen and oxygen atoms in total. The summed E-state index contributed by atoms with van der Waals surface area (Å²) in [6.07, 6.45) is -3.37. The molecule has 1 saturated carbocycles. The summed E-state index contributed by atoms with van der Waals surface area (Å²) in [7, 11) is 0. The van der Waals surface area contributed by atoms with Crippen LogP contribution in [0.25, 0.3) is 0 Å². The van der Waals surface area contributed by atoms with Crippen molar-refractivity contribution in [3.63, 3.8) is 0 Å². The SMILES string of the molecule is CC1(C)CC1CNCC(C#N)C(F)(F)F. The Morgan fingerprint density at radius 1 is 1.53 bits per heavy atom. The van der Waals surface area contributed by atoms with Crippen LogP contribution in [0.15, 0.2) is 0 Å². The second-order valence-electron chi connectivity index (χ2n) is 4.77. The van der Waals surface area contributed by atoms with Crippen LogP contribution in [-0.2, 0) is 0 Å². The quantitative estimate of drug-likeness (QED) is 0.789. The summed E-state index contributed by atoms with van der Waals surface area (Å²) >= 11 is 0. The number of nitrogens with zero attached hydrogens (tertiary/aromatic N) is 1. The minimum absolute atomic E-state index is 0.257. The summed E-state index contributed by atoms with van der Waals surface area (Å²) in [4.78, 5) is 0. The van der Waals surface area contributed by atoms with Crippen LogP contribution in [0.1, 0.15) is 20.3 Å². The average molecular weight is 220 g/mol. The van der Waals surface area contributed by atoms with E-state index < -0.39 is 12.1 Å². The van der Waals surface area contributed by atoms with Gasteiger partial charge in [-0.3, -0.25) is 0 Å². The Hall–Kier alpha value is -0.760. The number of hydrogen-bond acceptors (Lipinski definition) is 2. The minimum Gasteiger partial charge on any atom is -0.315 e. The van der Waals surface area contributed by atoms with Gasteiger partial charge in [-0.25, -0.2) is 0 Å². The highest BCUT2D eigenvalue weighted by molar-refractivity contribution is 4.97. The van der Waals surface area contributed by atoms with Crippen LogP contribution in [0.4, 0.5) is 13.2 Å². The standard InChI is InChI=1S/C10H15F3N2/c1-9(2)3-7(9)5-15-6-8(4-14)10(11,12)13/h7-8,15H,3,5-6H2,1-2H3. The molecule has 0 aromatic heterocycles. The maximum atomic E-state index is 12.2. The predicted molar refractivity (Wildman–Crippen MR) is 49.9 cm³/mol. The van der Waals surface area contributed by atoms with E-state index in [-0.39, 0.29) is 12.0 Å². The molecule has 0 radical (unpaired) electrons. The molecule has 0 aliphatic heterocycles. The van der Waals surface area contributed by atoms with Crippen molar-refractivity contribution in [1.82, 2.24) is 5.32 Å². The van der Waals surface area contributed by atoms with Crippen LogP contribution < -0.4 is 5.32 Å². The van der Waals surface area contributed by atoms with Crippen molar-refractivity contribution in [3.05, 3.63) is 0 Å². The third-order valence-electron chi connectivity index (χ3n) is 3.01. The molecule has 0 saturated heterocycles. The molecular formula is C10H15F3N2. The van der Waals surface area contributed by atoms with E-state index in [0.29, 0.717) is 12.5 Å². The van der Waals surface area contributed by atoms with E-state index in [1.165, 1.54) is 6.07 Å². The van der Waals surface area contributed by atoms with Gasteiger partial charge in [-0.15, -0.1) is 0 Å². The molecule has 86 valence electrons. The van der Waals surface area contributed by atoms with Gasteiger partial charge < -0.3 is 5.32 Å². The molecule has 1 fully saturated rings. The predicted octanol–water partition coefficient (Wildman–Crippen LogP) is 2.32. The molecule has 0 aromatic rings. The zero-order valence-electron chi connectivity index (χ0n) is 8.86. The molecule has 2 unspecified atom stereocenters. The van der Waals surface area contributed by atoms with Gasteiger partial charge in [-0.05, 0) is 24.3 Å². The number of nitriles is 1. The van der Waals surface area contributed by atoms with E-state index in [2.05, 4.69) is 19.2 Å². The smallest absolute Gasteiger partial charge is 0.315 e. The maximum absolute atomic E-state index is 12.2. The van der Waals surface area contributed by atoms with Crippen LogP contribution in [0.5, 0.6) is 0 Å². The van der Waals surface area contributed by atoms with Crippen LogP contribution in [-0.4, -0.2) is 19.3 Å². The van der Waals surface area contributed by atoms with Crippen molar-refractivity contribution in [2.75, 3.05) is 13.1 Å². The lowest BCUT2D eigenvalue weighted by Gasteiger charge is -2.14. The minimum atomic E-state index is -4.42. The largest absolute Gasteiger partial charge is 0.405 e. The average Bonchev–Trinajstić information content (AvgIpc) is 2.65. The van der Waals surface area contributed by atoms with Gasteiger partial charge in [0, 0.05) is 6.54 Å². The highest BCUT2D eigenvalue weighted by atomic mass is 19.4. The summed E-state index contributed by atoms with van der Waals surface area (Å²) < 4.78 is 36.5. The first kappa shape index (κ1) is 12.3. The molecule has 0 amide bonds. The third-order valence-corrected chi connectivity index (χ3v) is 3.01. The van der Waals surface area contributed by atoms with Gasteiger partial charge >= 0.3 is 6.18 Å². The van der Waals surface area contributed by atoms with Gasteiger partial charge in [0.05, 0.1) is 6.07 Å². The summed E-state index contributed by atoms with van der Waals surface area (Å²) in [5.41, 5.74) is 0.257. The Kier molecular flexibility index (Phi) is 3.29. The number of nitrogens with one attached hydrogen (secondary N) is 1. The Morgan fingerprint density at radius 2 is 2.07 bits per heavy atom. The highest BCUT2D eigenvalue weighted by Crippen LogP contribution is 2.50. The van der Waals surface area contributed by atoms with E-state index in [1.807, 2.05) is 0 Å². The lowest BCUT2D eigenvalue weighted by atomic mass is 10.1. The highest BCUT2D eigenvalue weighted by Gasteiger charge is 2.45. The lowest BCUT2D eigenvalue weighted by Crippen LogP contribution is -2.33. The summed E-state index contributed by atoms with van der Waals surface area (Å²) in [6, 6.07) is 1.27. The summed E-state index contributed by atoms with van der Waals surface area (Å²) in [6.45, 7) is 4.45. The topological polar surface area (TPSA) is 35.8 Å². The molecule has 1 N–H and O–H groups in total. The number of rotatable bonds is 4. The second kappa shape index (κ2) is 4.01. The van der Waals surface area contributed by atoms with Crippen molar-refractivity contribution in [2.45, 2.75) is 26.4 Å². The molecule has 0 aromatic carbocycles. The van der Waals surface area contributed by atoms with Crippen LogP contribution in [0, 0.1) is 28.6 Å². The molecular weight excluding hydrogens is 205 g/mol. The van der Waals surface area contributed by atoms with Gasteiger partial charge in [0.1, 0.15) is 0 Å². The number of halogens is 3. The Labute approximate surface area is 87.5 Å². The zero-order valence-corrected chi connectivity index (χ0v) is 8.86. The second-order valence-corrected chi connectivity index (χ2v) is 4.77. The third kappa shape index (κ3) is 3.38. The Bertz CT molecular complexity index is 265. The van der Waals surface area contributed by atoms with E-state index in [1.54, 1.807) is 0 Å². The molecule has 0 heterocycles. The molecule has 1 aliphatic carbocycles. The molecule has 1 aliphatic rings. The fourth-order valence-electron chi connectivity index (χ4n) is 1.56. The molecule has 2 atom stereocenters. The normalized spacial score (nSPS) is 25.7. The first-order valence-corrected chi connectivity index (χ1v) is 4.94. The maximum Gasteiger partial charge on any atom is 0.405 e. The zero-order chi connectivity index (χ0) is 11.7. The molecule has 0 spiro atoms. The Morgan fingerprint density at radius 3 is 2.40 bits per heavy atom. The molecule has 5 heteroatoms. The fraction of sp³-hybridized carbons (Fsp3) is 0.900. The monoisotopic (exact) mass is 220 g/mol. The van der Waals surface area contributed by atoms with Crippen molar-refractivity contribution in [1.29, 1.82) is 5.26 Å². The summed E-state index contributed by atoms with van der Waals surface area (Å²) in [5.74, 6) is -1.44. The van der Waals surface area contributed by atoms with Gasteiger partial charge in [-0.1, -0.05) is 13.8 Å². The van der Waals surface area contributed by atoms with Crippen molar-refractivity contribution >= 4 is 0 Å². The van der Waals surface area contributed by atoms with Crippen molar-refractivity contribution in [2.24, 2.45) is 17.3 Å². The van der Waals surface area contributed by atoms with E-state index in [9.17, 15) is 13.2 Å². The lowest BCUT2D eigenvalue weighted by molar-refractivity contribution is -0.157. The number of hydrogen-bond donors (Lipinski definition) is 1. The first-order chi connectivity index (χ1) is 6.77.